The second-order valence-electron chi connectivity index (χ2n) is 5.19. The van der Waals surface area contributed by atoms with Crippen molar-refractivity contribution in [2.24, 2.45) is 11.7 Å². The molecule has 1 rings (SSSR count). The molecule has 20 heavy (non-hydrogen) atoms. The van der Waals surface area contributed by atoms with E-state index in [1.807, 2.05) is 24.3 Å². The summed E-state index contributed by atoms with van der Waals surface area (Å²) < 4.78 is 11.3. The minimum absolute atomic E-state index is 0.569. The molecule has 1 aromatic carbocycles. The first-order valence-corrected chi connectivity index (χ1v) is 7.79. The second-order valence-corrected chi connectivity index (χ2v) is 5.19. The van der Waals surface area contributed by atoms with Gasteiger partial charge in [0.25, 0.3) is 0 Å². The number of hydrogen-bond acceptors (Lipinski definition) is 3. The van der Waals surface area contributed by atoms with Crippen LogP contribution in [0.4, 0.5) is 0 Å². The van der Waals surface area contributed by atoms with E-state index in [2.05, 4.69) is 13.8 Å². The molecule has 2 N–H and O–H groups in total. The van der Waals surface area contributed by atoms with E-state index in [-0.39, 0.29) is 0 Å². The van der Waals surface area contributed by atoms with Gasteiger partial charge in [0.2, 0.25) is 0 Å². The molecule has 3 heteroatoms. The lowest BCUT2D eigenvalue weighted by molar-refractivity contribution is 0.0699. The van der Waals surface area contributed by atoms with Crippen LogP contribution in [-0.2, 0) is 11.3 Å². The first kappa shape index (κ1) is 17.0. The lowest BCUT2D eigenvalue weighted by Gasteiger charge is -2.14. The van der Waals surface area contributed by atoms with E-state index in [0.717, 1.165) is 17.9 Å². The molecule has 0 fully saturated rings. The van der Waals surface area contributed by atoms with Gasteiger partial charge in [-0.1, -0.05) is 45.2 Å². The Morgan fingerprint density at radius 1 is 1.10 bits per heavy atom. The van der Waals surface area contributed by atoms with Crippen LogP contribution in [0.25, 0.3) is 0 Å². The highest BCUT2D eigenvalue weighted by Gasteiger charge is 2.05. The van der Waals surface area contributed by atoms with Gasteiger partial charge in [0.05, 0.1) is 6.61 Å². The average molecular weight is 279 g/mol. The van der Waals surface area contributed by atoms with Gasteiger partial charge in [0.1, 0.15) is 12.4 Å². The Labute approximate surface area is 123 Å². The summed E-state index contributed by atoms with van der Waals surface area (Å²) in [6.45, 7) is 7.15. The van der Waals surface area contributed by atoms with E-state index in [1.165, 1.54) is 25.7 Å². The number of benzene rings is 1. The summed E-state index contributed by atoms with van der Waals surface area (Å²) in [5, 5.41) is 0. The van der Waals surface area contributed by atoms with Crippen LogP contribution in [0.5, 0.6) is 5.75 Å². The minimum Gasteiger partial charge on any atom is -0.491 e. The van der Waals surface area contributed by atoms with Crippen LogP contribution >= 0.6 is 0 Å². The van der Waals surface area contributed by atoms with Gasteiger partial charge in [-0.25, -0.2) is 0 Å². The van der Waals surface area contributed by atoms with E-state index < -0.39 is 0 Å². The standard InChI is InChI=1S/C17H29NO2/c1-3-5-6-15(4-2)14-19-11-12-20-17-9-7-16(13-18)8-10-17/h7-10,15H,3-6,11-14,18H2,1-2H3. The van der Waals surface area contributed by atoms with Crippen LogP contribution in [-0.4, -0.2) is 19.8 Å². The molecule has 3 nitrogen and oxygen atoms in total. The Hall–Kier alpha value is -1.06. The van der Waals surface area contributed by atoms with E-state index in [1.54, 1.807) is 0 Å². The summed E-state index contributed by atoms with van der Waals surface area (Å²) in [4.78, 5) is 0. The second kappa shape index (κ2) is 10.7. The molecule has 0 saturated heterocycles. The van der Waals surface area contributed by atoms with Crippen molar-refractivity contribution in [1.29, 1.82) is 0 Å². The summed E-state index contributed by atoms with van der Waals surface area (Å²) >= 11 is 0. The molecule has 0 aliphatic heterocycles. The van der Waals surface area contributed by atoms with Gasteiger partial charge < -0.3 is 15.2 Å². The molecule has 0 bridgehead atoms. The Morgan fingerprint density at radius 3 is 2.45 bits per heavy atom. The highest BCUT2D eigenvalue weighted by Crippen LogP contribution is 2.13. The molecule has 1 unspecified atom stereocenters. The topological polar surface area (TPSA) is 44.5 Å². The first-order valence-electron chi connectivity index (χ1n) is 7.79. The Balaban J connectivity index is 2.11. The SMILES string of the molecule is CCCCC(CC)COCCOc1ccc(CN)cc1. The van der Waals surface area contributed by atoms with Crippen molar-refractivity contribution in [3.05, 3.63) is 29.8 Å². The minimum atomic E-state index is 0.569. The number of nitrogens with two attached hydrogens (primary N) is 1. The third kappa shape index (κ3) is 6.92. The van der Waals surface area contributed by atoms with Gasteiger partial charge in [-0.15, -0.1) is 0 Å². The fraction of sp³-hybridized carbons (Fsp3) is 0.647. The summed E-state index contributed by atoms with van der Waals surface area (Å²) in [6.07, 6.45) is 5.03. The molecule has 0 heterocycles. The zero-order valence-electron chi connectivity index (χ0n) is 12.9. The largest absolute Gasteiger partial charge is 0.491 e. The zero-order chi connectivity index (χ0) is 14.6. The number of ether oxygens (including phenoxy) is 2. The predicted octanol–water partition coefficient (Wildman–Crippen LogP) is 3.76. The fourth-order valence-electron chi connectivity index (χ4n) is 2.09. The number of unbranched alkanes of at least 4 members (excludes halogenated alkanes) is 1. The quantitative estimate of drug-likeness (QED) is 0.627. The number of rotatable bonds is 11. The summed E-state index contributed by atoms with van der Waals surface area (Å²) in [5.74, 6) is 1.57. The lowest BCUT2D eigenvalue weighted by atomic mass is 10.0. The highest BCUT2D eigenvalue weighted by atomic mass is 16.5. The molecule has 0 spiro atoms. The third-order valence-corrected chi connectivity index (χ3v) is 3.55. The molecule has 0 saturated carbocycles. The third-order valence-electron chi connectivity index (χ3n) is 3.55. The average Bonchev–Trinajstić information content (AvgIpc) is 2.50. The summed E-state index contributed by atoms with van der Waals surface area (Å²) in [5.41, 5.74) is 6.68. The van der Waals surface area contributed by atoms with E-state index in [0.29, 0.717) is 25.7 Å². The predicted molar refractivity (Wildman–Crippen MR) is 84.0 cm³/mol. The van der Waals surface area contributed by atoms with Gasteiger partial charge in [0, 0.05) is 13.2 Å². The molecule has 1 aromatic rings. The molecule has 0 radical (unpaired) electrons. The molecule has 114 valence electrons. The van der Waals surface area contributed by atoms with Crippen LogP contribution in [0.1, 0.15) is 45.1 Å². The fourth-order valence-corrected chi connectivity index (χ4v) is 2.09. The smallest absolute Gasteiger partial charge is 0.119 e. The van der Waals surface area contributed by atoms with Gasteiger partial charge >= 0.3 is 0 Å². The molecule has 1 atom stereocenters. The van der Waals surface area contributed by atoms with Gasteiger partial charge in [-0.2, -0.15) is 0 Å². The molecular weight excluding hydrogens is 250 g/mol. The van der Waals surface area contributed by atoms with Crippen molar-refractivity contribution in [2.45, 2.75) is 46.1 Å². The van der Waals surface area contributed by atoms with Crippen molar-refractivity contribution in [3.63, 3.8) is 0 Å². The monoisotopic (exact) mass is 279 g/mol. The Morgan fingerprint density at radius 2 is 1.85 bits per heavy atom. The van der Waals surface area contributed by atoms with E-state index >= 15 is 0 Å². The van der Waals surface area contributed by atoms with Crippen LogP contribution in [0.15, 0.2) is 24.3 Å². The van der Waals surface area contributed by atoms with Crippen molar-refractivity contribution in [2.75, 3.05) is 19.8 Å². The highest BCUT2D eigenvalue weighted by molar-refractivity contribution is 5.26. The summed E-state index contributed by atoms with van der Waals surface area (Å²) in [7, 11) is 0. The Bertz CT molecular complexity index is 337. The van der Waals surface area contributed by atoms with E-state index in [4.69, 9.17) is 15.2 Å². The van der Waals surface area contributed by atoms with Gasteiger partial charge in [-0.05, 0) is 30.0 Å². The molecule has 0 amide bonds. The normalized spacial score (nSPS) is 12.3. The van der Waals surface area contributed by atoms with Crippen LogP contribution in [0.2, 0.25) is 0 Å². The zero-order valence-corrected chi connectivity index (χ0v) is 12.9. The maximum Gasteiger partial charge on any atom is 0.119 e. The summed E-state index contributed by atoms with van der Waals surface area (Å²) in [6, 6.07) is 7.90. The van der Waals surface area contributed by atoms with Crippen LogP contribution in [0.3, 0.4) is 0 Å². The Kier molecular flexibility index (Phi) is 9.09. The molecular formula is C17H29NO2. The van der Waals surface area contributed by atoms with Crippen molar-refractivity contribution >= 4 is 0 Å². The molecule has 0 aliphatic rings. The molecule has 0 aliphatic carbocycles. The number of hydrogen-bond donors (Lipinski definition) is 1. The first-order chi connectivity index (χ1) is 9.80. The van der Waals surface area contributed by atoms with Gasteiger partial charge in [0.15, 0.2) is 0 Å². The maximum absolute atomic E-state index is 5.71. The van der Waals surface area contributed by atoms with Gasteiger partial charge in [-0.3, -0.25) is 0 Å². The molecule has 0 aromatic heterocycles. The van der Waals surface area contributed by atoms with Crippen molar-refractivity contribution in [1.82, 2.24) is 0 Å². The maximum atomic E-state index is 5.71. The lowest BCUT2D eigenvalue weighted by Crippen LogP contribution is -2.13. The van der Waals surface area contributed by atoms with Crippen molar-refractivity contribution < 1.29 is 9.47 Å². The van der Waals surface area contributed by atoms with Crippen molar-refractivity contribution in [3.8, 4) is 5.75 Å². The van der Waals surface area contributed by atoms with Crippen LogP contribution < -0.4 is 10.5 Å². The van der Waals surface area contributed by atoms with Crippen LogP contribution in [0, 0.1) is 5.92 Å². The van der Waals surface area contributed by atoms with E-state index in [9.17, 15) is 0 Å².